The van der Waals surface area contributed by atoms with Crippen molar-refractivity contribution in [1.29, 1.82) is 0 Å². The fourth-order valence-electron chi connectivity index (χ4n) is 0.768. The van der Waals surface area contributed by atoms with Gasteiger partial charge in [-0.25, -0.2) is 4.79 Å². The van der Waals surface area contributed by atoms with Crippen LogP contribution >= 0.6 is 0 Å². The van der Waals surface area contributed by atoms with Crippen LogP contribution in [-0.4, -0.2) is 36.0 Å². The maximum atomic E-state index is 10.8. The number of rotatable bonds is 2. The number of carbonyl (C=O) groups is 1. The summed E-state index contributed by atoms with van der Waals surface area (Å²) in [6, 6.07) is 0.346. The molecule has 0 aromatic carbocycles. The van der Waals surface area contributed by atoms with E-state index in [0.717, 1.165) is 12.8 Å². The third-order valence-corrected chi connectivity index (χ3v) is 1.57. The van der Waals surface area contributed by atoms with Crippen molar-refractivity contribution in [3.05, 3.63) is 0 Å². The van der Waals surface area contributed by atoms with Crippen LogP contribution in [0, 0.1) is 0 Å². The van der Waals surface area contributed by atoms with Crippen molar-refractivity contribution in [2.75, 3.05) is 13.8 Å². The Bertz CT molecular complexity index is 133. The first-order valence-corrected chi connectivity index (χ1v) is 3.26. The highest BCUT2D eigenvalue weighted by atomic mass is 16.6. The molecule has 1 fully saturated rings. The molecule has 10 heavy (non-hydrogen) atoms. The second kappa shape index (κ2) is 2.88. The summed E-state index contributed by atoms with van der Waals surface area (Å²) in [5.74, 6) is 0. The monoisotopic (exact) mass is 145 g/mol. The van der Waals surface area contributed by atoms with Gasteiger partial charge in [0.05, 0.1) is 0 Å². The number of aliphatic hydroxyl groups excluding tert-OH is 1. The number of ether oxygens (including phenoxy) is 1. The zero-order chi connectivity index (χ0) is 7.56. The van der Waals surface area contributed by atoms with E-state index in [1.54, 1.807) is 7.05 Å². The van der Waals surface area contributed by atoms with Gasteiger partial charge in [0, 0.05) is 13.1 Å². The Morgan fingerprint density at radius 1 is 1.80 bits per heavy atom. The van der Waals surface area contributed by atoms with Crippen molar-refractivity contribution < 1.29 is 14.6 Å². The summed E-state index contributed by atoms with van der Waals surface area (Å²) in [5, 5.41) is 8.22. The van der Waals surface area contributed by atoms with Crippen LogP contribution in [0.5, 0.6) is 0 Å². The highest BCUT2D eigenvalue weighted by Gasteiger charge is 2.30. The van der Waals surface area contributed by atoms with E-state index in [4.69, 9.17) is 5.11 Å². The molecule has 1 saturated carbocycles. The molecule has 0 saturated heterocycles. The molecule has 4 heteroatoms. The van der Waals surface area contributed by atoms with Crippen molar-refractivity contribution in [2.45, 2.75) is 18.9 Å². The molecule has 1 aliphatic rings. The van der Waals surface area contributed by atoms with E-state index in [-0.39, 0.29) is 0 Å². The van der Waals surface area contributed by atoms with E-state index < -0.39 is 12.9 Å². The molecule has 0 atom stereocenters. The summed E-state index contributed by atoms with van der Waals surface area (Å²) in [5.41, 5.74) is 0. The fraction of sp³-hybridized carbons (Fsp3) is 0.833. The van der Waals surface area contributed by atoms with Crippen LogP contribution < -0.4 is 0 Å². The summed E-state index contributed by atoms with van der Waals surface area (Å²) >= 11 is 0. The zero-order valence-electron chi connectivity index (χ0n) is 5.91. The molecule has 0 spiro atoms. The first kappa shape index (κ1) is 7.34. The molecule has 0 bridgehead atoms. The van der Waals surface area contributed by atoms with Crippen LogP contribution in [0.15, 0.2) is 0 Å². The molecule has 58 valence electrons. The molecule has 0 radical (unpaired) electrons. The van der Waals surface area contributed by atoms with Crippen LogP contribution in [0.25, 0.3) is 0 Å². The zero-order valence-corrected chi connectivity index (χ0v) is 5.91. The molecule has 0 heterocycles. The van der Waals surface area contributed by atoms with Crippen molar-refractivity contribution in [2.24, 2.45) is 0 Å². The first-order chi connectivity index (χ1) is 4.75. The van der Waals surface area contributed by atoms with E-state index in [9.17, 15) is 4.79 Å². The standard InChI is InChI=1S/C6H11NO3/c1-7(5-2-3-5)6(9)10-4-8/h5,8H,2-4H2,1H3. The second-order valence-corrected chi connectivity index (χ2v) is 2.38. The molecular weight excluding hydrogens is 134 g/mol. The van der Waals surface area contributed by atoms with E-state index in [2.05, 4.69) is 4.74 Å². The second-order valence-electron chi connectivity index (χ2n) is 2.38. The summed E-state index contributed by atoms with van der Waals surface area (Å²) in [4.78, 5) is 12.3. The number of aliphatic hydroxyl groups is 1. The lowest BCUT2D eigenvalue weighted by molar-refractivity contribution is 0.0250. The molecule has 4 nitrogen and oxygen atoms in total. The molecule has 1 amide bonds. The third kappa shape index (κ3) is 1.60. The number of hydrogen-bond donors (Lipinski definition) is 1. The average molecular weight is 145 g/mol. The summed E-state index contributed by atoms with van der Waals surface area (Å²) in [6.45, 7) is -0.532. The third-order valence-electron chi connectivity index (χ3n) is 1.57. The van der Waals surface area contributed by atoms with Gasteiger partial charge in [0.2, 0.25) is 0 Å². The number of amides is 1. The Morgan fingerprint density at radius 3 is 2.80 bits per heavy atom. The van der Waals surface area contributed by atoms with E-state index in [1.165, 1.54) is 4.90 Å². The maximum Gasteiger partial charge on any atom is 0.411 e. The molecule has 0 aromatic heterocycles. The van der Waals surface area contributed by atoms with E-state index >= 15 is 0 Å². The summed E-state index contributed by atoms with van der Waals surface area (Å²) in [7, 11) is 1.68. The molecular formula is C6H11NO3. The largest absolute Gasteiger partial charge is 0.422 e. The molecule has 0 unspecified atom stereocenters. The quantitative estimate of drug-likeness (QED) is 0.563. The average Bonchev–Trinajstić information content (AvgIpc) is 2.68. The highest BCUT2D eigenvalue weighted by Crippen LogP contribution is 2.25. The van der Waals surface area contributed by atoms with Gasteiger partial charge >= 0.3 is 6.09 Å². The lowest BCUT2D eigenvalue weighted by atomic mass is 10.6. The van der Waals surface area contributed by atoms with Crippen LogP contribution in [0.1, 0.15) is 12.8 Å². The van der Waals surface area contributed by atoms with Crippen LogP contribution in [-0.2, 0) is 4.74 Å². The van der Waals surface area contributed by atoms with Gasteiger partial charge in [0.1, 0.15) is 0 Å². The van der Waals surface area contributed by atoms with Crippen molar-refractivity contribution in [3.8, 4) is 0 Å². The van der Waals surface area contributed by atoms with Crippen LogP contribution in [0.4, 0.5) is 4.79 Å². The lowest BCUT2D eigenvalue weighted by Crippen LogP contribution is -2.29. The molecule has 0 aliphatic heterocycles. The molecule has 1 aliphatic carbocycles. The van der Waals surface area contributed by atoms with Crippen molar-refractivity contribution in [1.82, 2.24) is 4.90 Å². The first-order valence-electron chi connectivity index (χ1n) is 3.26. The maximum absolute atomic E-state index is 10.8. The predicted molar refractivity (Wildman–Crippen MR) is 34.4 cm³/mol. The number of nitrogens with zero attached hydrogens (tertiary/aromatic N) is 1. The summed E-state index contributed by atoms with van der Waals surface area (Å²) < 4.78 is 4.35. The van der Waals surface area contributed by atoms with Crippen LogP contribution in [0.3, 0.4) is 0 Å². The minimum absolute atomic E-state index is 0.346. The predicted octanol–water partition coefficient (Wildman–Crippen LogP) is 0.167. The topological polar surface area (TPSA) is 49.8 Å². The molecule has 1 N–H and O–H groups in total. The van der Waals surface area contributed by atoms with Gasteiger partial charge in [-0.15, -0.1) is 0 Å². The Labute approximate surface area is 59.4 Å². The van der Waals surface area contributed by atoms with Gasteiger partial charge in [-0.05, 0) is 12.8 Å². The normalized spacial score (nSPS) is 16.6. The molecule has 1 rings (SSSR count). The highest BCUT2D eigenvalue weighted by molar-refractivity contribution is 5.67. The van der Waals surface area contributed by atoms with Crippen LogP contribution in [0.2, 0.25) is 0 Å². The molecule has 0 aromatic rings. The Balaban J connectivity index is 2.24. The van der Waals surface area contributed by atoms with Gasteiger partial charge in [0.25, 0.3) is 0 Å². The van der Waals surface area contributed by atoms with Gasteiger partial charge in [0.15, 0.2) is 6.79 Å². The lowest BCUT2D eigenvalue weighted by Gasteiger charge is -2.13. The van der Waals surface area contributed by atoms with E-state index in [1.807, 2.05) is 0 Å². The van der Waals surface area contributed by atoms with Crippen molar-refractivity contribution >= 4 is 6.09 Å². The number of hydrogen-bond acceptors (Lipinski definition) is 3. The number of carbonyl (C=O) groups excluding carboxylic acids is 1. The minimum atomic E-state index is -0.532. The van der Waals surface area contributed by atoms with Gasteiger partial charge < -0.3 is 14.7 Å². The Morgan fingerprint density at radius 2 is 2.40 bits per heavy atom. The Hall–Kier alpha value is -0.770. The van der Waals surface area contributed by atoms with Gasteiger partial charge in [-0.2, -0.15) is 0 Å². The SMILES string of the molecule is CN(C(=O)OCO)C1CC1. The van der Waals surface area contributed by atoms with Gasteiger partial charge in [-0.1, -0.05) is 0 Å². The fourth-order valence-corrected chi connectivity index (χ4v) is 0.768. The van der Waals surface area contributed by atoms with Crippen molar-refractivity contribution in [3.63, 3.8) is 0 Å². The summed E-state index contributed by atoms with van der Waals surface area (Å²) in [6.07, 6.45) is 1.67. The van der Waals surface area contributed by atoms with Gasteiger partial charge in [-0.3, -0.25) is 0 Å². The van der Waals surface area contributed by atoms with E-state index in [0.29, 0.717) is 6.04 Å². The minimum Gasteiger partial charge on any atom is -0.422 e. The smallest absolute Gasteiger partial charge is 0.411 e. The Kier molecular flexibility index (Phi) is 2.11.